The maximum Gasteiger partial charge on any atom is 2.00 e. The van der Waals surface area contributed by atoms with Crippen LogP contribution in [0.3, 0.4) is 0 Å². The fraction of sp³-hybridized carbons (Fsp3) is 0. The second-order valence-electron chi connectivity index (χ2n) is 0.283. The molecule has 0 aromatic carbocycles. The molecule has 0 saturated carbocycles. The van der Waals surface area contributed by atoms with E-state index in [2.05, 4.69) is 0 Å². The largest absolute Gasteiger partial charge is 2.00 e. The summed E-state index contributed by atoms with van der Waals surface area (Å²) in [6, 6.07) is 0. The van der Waals surface area contributed by atoms with Crippen molar-refractivity contribution in [3.63, 3.8) is 0 Å². The van der Waals surface area contributed by atoms with Gasteiger partial charge in [0.1, 0.15) is 0 Å². The fourth-order valence-electron chi connectivity index (χ4n) is 0. The van der Waals surface area contributed by atoms with Crippen molar-refractivity contribution in [3.05, 3.63) is 0 Å². The van der Waals surface area contributed by atoms with Crippen molar-refractivity contribution in [2.24, 2.45) is 0 Å². The van der Waals surface area contributed by atoms with Gasteiger partial charge in [-0.25, -0.2) is 0 Å². The van der Waals surface area contributed by atoms with E-state index in [4.69, 9.17) is 14.1 Å². The van der Waals surface area contributed by atoms with E-state index in [1.54, 1.807) is 0 Å². The minimum absolute atomic E-state index is 0. The fourth-order valence-corrected chi connectivity index (χ4v) is 0. The Balaban J connectivity index is -0.00000000300. The molecule has 0 aliphatic heterocycles. The van der Waals surface area contributed by atoms with Crippen molar-refractivity contribution in [2.75, 3.05) is 0 Å². The average molecular weight is 167 g/mol. The summed E-state index contributed by atoms with van der Waals surface area (Å²) in [5, 5.41) is 0. The van der Waals surface area contributed by atoms with Crippen LogP contribution in [-0.2, 0) is 21.5 Å². The topological polar surface area (TPSA) is 57.5 Å². The first-order valence-corrected chi connectivity index (χ1v) is 1.95. The van der Waals surface area contributed by atoms with Gasteiger partial charge in [0.15, 0.2) is 0 Å². The third-order valence-corrected chi connectivity index (χ3v) is 0. The van der Waals surface area contributed by atoms with Crippen LogP contribution in [0.5, 0.6) is 0 Å². The van der Waals surface area contributed by atoms with Crippen LogP contribution < -0.4 is 18.9 Å². The predicted octanol–water partition coefficient (Wildman–Crippen LogP) is -4.66. The Kier molecular flexibility index (Phi) is 52.8. The minimum atomic E-state index is -3.13. The third-order valence-electron chi connectivity index (χ3n) is 0. The normalized spacial score (nSPS) is 3.43. The Bertz CT molecular complexity index is 46.7. The molecule has 0 aliphatic carbocycles. The molecule has 0 aromatic rings. The van der Waals surface area contributed by atoms with Gasteiger partial charge >= 0.3 is 51.1 Å². The van der Waals surface area contributed by atoms with Crippen LogP contribution in [0.2, 0.25) is 0 Å². The minimum Gasteiger partial charge on any atom is -1.00 e. The molecule has 1 radical (unpaired) electrons. The van der Waals surface area contributed by atoms with E-state index in [-0.39, 0.29) is 63.3 Å². The van der Waals surface area contributed by atoms with E-state index >= 15 is 0 Å². The van der Waals surface area contributed by atoms with Gasteiger partial charge in [0, 0.05) is 17.1 Å². The van der Waals surface area contributed by atoms with Crippen LogP contribution in [0.4, 0.5) is 0 Å². The monoisotopic (exact) mass is 167 g/mol. The van der Waals surface area contributed by atoms with Crippen molar-refractivity contribution in [1.29, 1.82) is 0 Å². The van der Waals surface area contributed by atoms with Crippen molar-refractivity contribution in [2.45, 2.75) is 0 Å². The molecule has 0 aliphatic rings. The average Bonchev–Trinajstić information content (AvgIpc) is 0.811. The second kappa shape index (κ2) is 15.6. The second-order valence-corrected chi connectivity index (χ2v) is 0.848. The quantitative estimate of drug-likeness (QED) is 0.357. The first kappa shape index (κ1) is 23.6. The molecule has 0 amide bonds. The summed E-state index contributed by atoms with van der Waals surface area (Å²) in [5.74, 6) is 0. The number of rotatable bonds is 0. The number of hydrogen-bond acceptors (Lipinski definition) is 1. The Morgan fingerprint density at radius 1 is 1.43 bits per heavy atom. The van der Waals surface area contributed by atoms with E-state index in [1.165, 1.54) is 0 Å². The zero-order valence-electron chi connectivity index (χ0n) is 6.89. The molecular weight excluding hydrogens is 162 g/mol. The molecule has 7 heteroatoms. The number of hydrogen-bond donors (Lipinski definition) is 2. The summed E-state index contributed by atoms with van der Waals surface area (Å²) in [7, 11) is -3.13. The van der Waals surface area contributed by atoms with Gasteiger partial charge in [-0.2, -0.15) is 0 Å². The molecule has 0 aromatic heterocycles. The van der Waals surface area contributed by atoms with Gasteiger partial charge in [-0.05, 0) is 0 Å². The summed E-state index contributed by atoms with van der Waals surface area (Å²) in [4.78, 5) is 14.3. The first-order chi connectivity index (χ1) is 1.73. The van der Waals surface area contributed by atoms with Gasteiger partial charge in [-0.3, -0.25) is 4.46 Å². The van der Waals surface area contributed by atoms with Crippen LogP contribution in [-0.4, -0.2) is 41.8 Å². The van der Waals surface area contributed by atoms with Crippen molar-refractivity contribution < 1.29 is 54.3 Å². The van der Waals surface area contributed by atoms with Crippen molar-refractivity contribution in [3.8, 4) is 0 Å². The molecule has 7 heavy (non-hydrogen) atoms. The Labute approximate surface area is 86.0 Å². The smallest absolute Gasteiger partial charge is 1.00 e. The Hall–Kier alpha value is 1.50. The molecule has 0 atom stereocenters. The molecule has 0 rings (SSSR count). The van der Waals surface area contributed by atoms with Gasteiger partial charge in [0.25, 0.3) is 0 Å². The summed E-state index contributed by atoms with van der Waals surface area (Å²) in [6.45, 7) is 0. The SMILES string of the molecule is O=[Si](O)O.[H-].[H-].[H-].[Li+].[Mg+2].[Mn]. The van der Waals surface area contributed by atoms with Gasteiger partial charge in [0.05, 0.1) is 0 Å². The van der Waals surface area contributed by atoms with E-state index in [0.717, 1.165) is 0 Å². The zero-order chi connectivity index (χ0) is 3.58. The van der Waals surface area contributed by atoms with Crippen LogP contribution in [0.15, 0.2) is 0 Å². The molecule has 37 valence electrons. The summed E-state index contributed by atoms with van der Waals surface area (Å²) < 4.78 is 8.74. The van der Waals surface area contributed by atoms with Gasteiger partial charge in [-0.1, -0.05) is 0 Å². The van der Waals surface area contributed by atoms with Gasteiger partial charge in [0.2, 0.25) is 0 Å². The summed E-state index contributed by atoms with van der Waals surface area (Å²) >= 11 is 0. The predicted molar refractivity (Wildman–Crippen MR) is 20.0 cm³/mol. The molecular formula is H5LiMgMnO3Si. The van der Waals surface area contributed by atoms with Gasteiger partial charge in [-0.15, -0.1) is 0 Å². The molecule has 2 N–H and O–H groups in total. The molecule has 0 unspecified atom stereocenters. The van der Waals surface area contributed by atoms with Crippen LogP contribution in [0, 0.1) is 0 Å². The van der Waals surface area contributed by atoms with Gasteiger partial charge < -0.3 is 13.9 Å². The van der Waals surface area contributed by atoms with E-state index in [9.17, 15) is 0 Å². The van der Waals surface area contributed by atoms with Crippen LogP contribution >= 0.6 is 0 Å². The van der Waals surface area contributed by atoms with E-state index in [1.807, 2.05) is 0 Å². The summed E-state index contributed by atoms with van der Waals surface area (Å²) in [6.07, 6.45) is 0. The standard InChI is InChI=1S/Li.Mg.Mn.H2O3Si.3H/c;;;1-4(2)3;;;/h;;;1-2H;;;/q+1;+2;;;3*-1. The van der Waals surface area contributed by atoms with E-state index in [0.29, 0.717) is 0 Å². The zero-order valence-corrected chi connectivity index (χ0v) is 7.48. The molecule has 3 nitrogen and oxygen atoms in total. The third kappa shape index (κ3) is 101. The van der Waals surface area contributed by atoms with Crippen molar-refractivity contribution in [1.82, 2.24) is 0 Å². The molecule has 0 bridgehead atoms. The van der Waals surface area contributed by atoms with Crippen LogP contribution in [0.1, 0.15) is 4.28 Å². The maximum absolute atomic E-state index is 8.74. The molecule has 0 saturated heterocycles. The Morgan fingerprint density at radius 2 is 1.43 bits per heavy atom. The van der Waals surface area contributed by atoms with Crippen molar-refractivity contribution >= 4 is 32.2 Å². The first-order valence-electron chi connectivity index (χ1n) is 0.651. The molecule has 0 heterocycles. The maximum atomic E-state index is 8.74. The Morgan fingerprint density at radius 3 is 1.43 bits per heavy atom. The molecule has 0 fully saturated rings. The summed E-state index contributed by atoms with van der Waals surface area (Å²) in [5.41, 5.74) is 0. The van der Waals surface area contributed by atoms with E-state index < -0.39 is 9.17 Å². The van der Waals surface area contributed by atoms with Crippen LogP contribution in [0.25, 0.3) is 0 Å². The molecule has 0 spiro atoms.